The van der Waals surface area contributed by atoms with E-state index in [-0.39, 0.29) is 11.9 Å². The average Bonchev–Trinajstić information content (AvgIpc) is 3.16. The average molecular weight is 348 g/mol. The topological polar surface area (TPSA) is 69.0 Å². The first-order valence-electron chi connectivity index (χ1n) is 8.48. The van der Waals surface area contributed by atoms with Crippen LogP contribution in [0.4, 0.5) is 0 Å². The third-order valence-corrected chi connectivity index (χ3v) is 5.30. The monoisotopic (exact) mass is 348 g/mol. The van der Waals surface area contributed by atoms with Gasteiger partial charge in [-0.15, -0.1) is 21.5 Å². The second-order valence-electron chi connectivity index (χ2n) is 6.14. The third-order valence-electron chi connectivity index (χ3n) is 4.37. The predicted octanol–water partition coefficient (Wildman–Crippen LogP) is 2.33. The first kappa shape index (κ1) is 17.1. The lowest BCUT2D eigenvalue weighted by Gasteiger charge is -2.16. The first-order chi connectivity index (χ1) is 11.8. The highest BCUT2D eigenvalue weighted by molar-refractivity contribution is 7.09. The van der Waals surface area contributed by atoms with Crippen LogP contribution in [0.5, 0.6) is 0 Å². The molecule has 1 aliphatic heterocycles. The Balaban J connectivity index is 1.44. The highest BCUT2D eigenvalue weighted by Crippen LogP contribution is 2.16. The van der Waals surface area contributed by atoms with Crippen molar-refractivity contribution in [2.45, 2.75) is 57.7 Å². The lowest BCUT2D eigenvalue weighted by molar-refractivity contribution is -0.122. The molecule has 1 atom stereocenters. The highest BCUT2D eigenvalue weighted by Gasteiger charge is 2.21. The second kappa shape index (κ2) is 8.39. The van der Waals surface area contributed by atoms with Gasteiger partial charge in [0.05, 0.1) is 0 Å². The molecule has 3 rings (SSSR count). The number of hydrogen-bond donors (Lipinski definition) is 1. The van der Waals surface area contributed by atoms with Gasteiger partial charge in [0.2, 0.25) is 5.91 Å². The Labute approximate surface area is 146 Å². The fourth-order valence-electron chi connectivity index (χ4n) is 3.11. The molecule has 1 amide bonds. The van der Waals surface area contributed by atoms with Crippen LogP contribution in [0.3, 0.4) is 0 Å². The molecular formula is C17H24N4O2S. The fraction of sp³-hybridized carbons (Fsp3) is 0.588. The van der Waals surface area contributed by atoms with Gasteiger partial charge in [-0.25, -0.2) is 0 Å². The summed E-state index contributed by atoms with van der Waals surface area (Å²) in [5.41, 5.74) is 0. The Morgan fingerprint density at radius 2 is 2.38 bits per heavy atom. The molecule has 0 bridgehead atoms. The molecule has 130 valence electrons. The number of hydrogen-bond acceptors (Lipinski definition) is 5. The Hall–Kier alpha value is -1.73. The summed E-state index contributed by atoms with van der Waals surface area (Å²) < 4.78 is 7.30. The van der Waals surface area contributed by atoms with Crippen molar-refractivity contribution in [2.24, 2.45) is 0 Å². The second-order valence-corrected chi connectivity index (χ2v) is 7.17. The van der Waals surface area contributed by atoms with Crippen LogP contribution in [0.25, 0.3) is 0 Å². The number of thiophene rings is 1. The van der Waals surface area contributed by atoms with Gasteiger partial charge in [-0.1, -0.05) is 6.07 Å². The van der Waals surface area contributed by atoms with Crippen LogP contribution < -0.4 is 5.32 Å². The molecule has 3 heterocycles. The van der Waals surface area contributed by atoms with E-state index >= 15 is 0 Å². The number of nitrogens with zero attached hydrogens (tertiary/aromatic N) is 3. The molecule has 0 saturated carbocycles. The number of aryl methyl sites for hydroxylation is 2. The Bertz CT molecular complexity index is 654. The maximum absolute atomic E-state index is 12.2. The molecule has 1 aliphatic rings. The van der Waals surface area contributed by atoms with Crippen molar-refractivity contribution >= 4 is 17.2 Å². The Morgan fingerprint density at radius 3 is 3.17 bits per heavy atom. The van der Waals surface area contributed by atoms with Crippen molar-refractivity contribution in [3.63, 3.8) is 0 Å². The Kier molecular flexibility index (Phi) is 5.98. The largest absolute Gasteiger partial charge is 0.377 e. The summed E-state index contributed by atoms with van der Waals surface area (Å²) in [6.07, 6.45) is 5.16. The van der Waals surface area contributed by atoms with Gasteiger partial charge in [0.15, 0.2) is 5.82 Å². The maximum atomic E-state index is 12.2. The maximum Gasteiger partial charge on any atom is 0.220 e. The van der Waals surface area contributed by atoms with Crippen LogP contribution in [0.1, 0.15) is 42.2 Å². The van der Waals surface area contributed by atoms with Crippen molar-refractivity contribution in [1.29, 1.82) is 0 Å². The minimum atomic E-state index is 0.159. The molecule has 2 aromatic heterocycles. The number of rotatable bonds is 7. The molecule has 1 unspecified atom stereocenters. The van der Waals surface area contributed by atoms with Crippen LogP contribution in [-0.4, -0.2) is 33.8 Å². The van der Waals surface area contributed by atoms with E-state index in [9.17, 15) is 4.79 Å². The molecule has 2 aromatic rings. The van der Waals surface area contributed by atoms with Gasteiger partial charge in [0, 0.05) is 37.4 Å². The van der Waals surface area contributed by atoms with Crippen molar-refractivity contribution in [3.8, 4) is 0 Å². The molecule has 6 nitrogen and oxygen atoms in total. The molecule has 0 fully saturated rings. The van der Waals surface area contributed by atoms with E-state index in [1.165, 1.54) is 4.88 Å². The van der Waals surface area contributed by atoms with E-state index < -0.39 is 0 Å². The lowest BCUT2D eigenvalue weighted by atomic mass is 10.1. The van der Waals surface area contributed by atoms with E-state index in [0.29, 0.717) is 13.0 Å². The summed E-state index contributed by atoms with van der Waals surface area (Å²) >= 11 is 1.75. The zero-order valence-corrected chi connectivity index (χ0v) is 14.8. The Morgan fingerprint density at radius 1 is 1.46 bits per heavy atom. The summed E-state index contributed by atoms with van der Waals surface area (Å²) in [6, 6.07) is 4.40. The number of fused-ring (bicyclic) bond motifs is 1. The van der Waals surface area contributed by atoms with Gasteiger partial charge in [-0.05, 0) is 37.1 Å². The number of carbonyl (C=O) groups excluding carboxylic acids is 1. The zero-order valence-electron chi connectivity index (χ0n) is 14.0. The molecule has 0 aromatic carbocycles. The molecule has 7 heteroatoms. The smallest absolute Gasteiger partial charge is 0.220 e. The van der Waals surface area contributed by atoms with Crippen molar-refractivity contribution in [1.82, 2.24) is 20.1 Å². The van der Waals surface area contributed by atoms with Crippen LogP contribution in [0, 0.1) is 0 Å². The number of ether oxygens (including phenoxy) is 1. The normalized spacial score (nSPS) is 17.3. The van der Waals surface area contributed by atoms with E-state index in [1.807, 2.05) is 0 Å². The first-order valence-corrected chi connectivity index (χ1v) is 9.36. The summed E-state index contributed by atoms with van der Waals surface area (Å²) in [5.74, 6) is 2.03. The number of aromatic nitrogens is 3. The van der Waals surface area contributed by atoms with Gasteiger partial charge < -0.3 is 14.6 Å². The van der Waals surface area contributed by atoms with Crippen LogP contribution in [0.2, 0.25) is 0 Å². The van der Waals surface area contributed by atoms with Gasteiger partial charge >= 0.3 is 0 Å². The zero-order chi connectivity index (χ0) is 16.8. The molecule has 0 aliphatic carbocycles. The molecule has 0 spiro atoms. The molecule has 0 radical (unpaired) electrons. The van der Waals surface area contributed by atoms with Gasteiger partial charge in [-0.2, -0.15) is 0 Å². The van der Waals surface area contributed by atoms with E-state index in [1.54, 1.807) is 18.4 Å². The number of methoxy groups -OCH3 is 1. The van der Waals surface area contributed by atoms with E-state index in [4.69, 9.17) is 4.74 Å². The van der Waals surface area contributed by atoms with E-state index in [2.05, 4.69) is 37.6 Å². The number of carbonyl (C=O) groups is 1. The molecular weight excluding hydrogens is 324 g/mol. The lowest BCUT2D eigenvalue weighted by Crippen LogP contribution is -2.35. The van der Waals surface area contributed by atoms with Crippen molar-refractivity contribution in [2.75, 3.05) is 7.11 Å². The molecule has 24 heavy (non-hydrogen) atoms. The minimum absolute atomic E-state index is 0.159. The third kappa shape index (κ3) is 4.42. The van der Waals surface area contributed by atoms with Gasteiger partial charge in [-0.3, -0.25) is 4.79 Å². The van der Waals surface area contributed by atoms with Crippen LogP contribution in [-0.2, 0) is 35.5 Å². The number of nitrogens with one attached hydrogen (secondary N) is 1. The minimum Gasteiger partial charge on any atom is -0.377 e. The van der Waals surface area contributed by atoms with Crippen LogP contribution >= 0.6 is 11.3 Å². The van der Waals surface area contributed by atoms with Gasteiger partial charge in [0.25, 0.3) is 0 Å². The molecule has 0 saturated heterocycles. The molecule has 1 N–H and O–H groups in total. The summed E-state index contributed by atoms with van der Waals surface area (Å²) in [7, 11) is 1.66. The van der Waals surface area contributed by atoms with Crippen LogP contribution in [0.15, 0.2) is 17.5 Å². The fourth-order valence-corrected chi connectivity index (χ4v) is 3.86. The standard InChI is InChI=1S/C17H24N4O2S/c1-23-12-16-20-19-15-8-7-13(9-10-21(15)16)18-17(22)6-2-4-14-5-3-11-24-14/h3,5,11,13H,2,4,6-10,12H2,1H3,(H,18,22). The summed E-state index contributed by atoms with van der Waals surface area (Å²) in [6.45, 7) is 1.31. The van der Waals surface area contributed by atoms with Crippen molar-refractivity contribution < 1.29 is 9.53 Å². The highest BCUT2D eigenvalue weighted by atomic mass is 32.1. The van der Waals surface area contributed by atoms with Gasteiger partial charge in [0.1, 0.15) is 12.4 Å². The summed E-state index contributed by atoms with van der Waals surface area (Å²) in [4.78, 5) is 13.5. The number of amides is 1. The quantitative estimate of drug-likeness (QED) is 0.834. The summed E-state index contributed by atoms with van der Waals surface area (Å²) in [5, 5.41) is 13.7. The van der Waals surface area contributed by atoms with Crippen molar-refractivity contribution in [3.05, 3.63) is 34.0 Å². The van der Waals surface area contributed by atoms with E-state index in [0.717, 1.165) is 50.3 Å². The SMILES string of the molecule is COCc1nnc2n1CCC(NC(=O)CCCc1cccs1)CC2. The predicted molar refractivity (Wildman–Crippen MR) is 92.9 cm³/mol.